The number of benzene rings is 1. The second-order valence-electron chi connectivity index (χ2n) is 5.80. The number of nitrogens with zero attached hydrogens (tertiary/aromatic N) is 1. The van der Waals surface area contributed by atoms with Crippen LogP contribution in [0.3, 0.4) is 0 Å². The number of nitrogens with one attached hydrogen (secondary N) is 1. The molecule has 0 saturated carbocycles. The Labute approximate surface area is 192 Å². The van der Waals surface area contributed by atoms with Gasteiger partial charge in [0.05, 0.1) is 21.4 Å². The minimum Gasteiger partial charge on any atom is -0.490 e. The molecule has 0 aliphatic carbocycles. The minimum atomic E-state index is -0.420. The van der Waals surface area contributed by atoms with Crippen LogP contribution in [0.5, 0.6) is 11.5 Å². The van der Waals surface area contributed by atoms with Crippen LogP contribution in [-0.2, 0) is 4.79 Å². The number of ether oxygens (including phenoxy) is 2. The molecular formula is C20H17ClN2O4S3. The molecule has 0 bridgehead atoms. The zero-order chi connectivity index (χ0) is 21.7. The summed E-state index contributed by atoms with van der Waals surface area (Å²) in [5.41, 5.74) is 3.18. The molecule has 1 fully saturated rings. The molecule has 2 amide bonds. The van der Waals surface area contributed by atoms with E-state index in [2.05, 4.69) is 12.0 Å². The first kappa shape index (κ1) is 22.4. The van der Waals surface area contributed by atoms with Gasteiger partial charge in [0.25, 0.3) is 11.8 Å². The summed E-state index contributed by atoms with van der Waals surface area (Å²) in [6.07, 6.45) is 3.25. The van der Waals surface area contributed by atoms with Gasteiger partial charge in [0, 0.05) is 0 Å². The van der Waals surface area contributed by atoms with Crippen molar-refractivity contribution in [3.63, 3.8) is 0 Å². The minimum absolute atomic E-state index is 0.234. The Balaban J connectivity index is 1.84. The van der Waals surface area contributed by atoms with Crippen molar-refractivity contribution in [3.05, 3.63) is 62.7 Å². The van der Waals surface area contributed by atoms with E-state index in [1.54, 1.807) is 41.8 Å². The average Bonchev–Trinajstić information content (AvgIpc) is 3.33. The number of thiocarbonyl (C=S) groups is 1. The van der Waals surface area contributed by atoms with Gasteiger partial charge in [-0.3, -0.25) is 15.0 Å². The summed E-state index contributed by atoms with van der Waals surface area (Å²) in [4.78, 5) is 25.9. The van der Waals surface area contributed by atoms with Gasteiger partial charge in [0.2, 0.25) is 0 Å². The highest BCUT2D eigenvalue weighted by Crippen LogP contribution is 2.39. The van der Waals surface area contributed by atoms with E-state index in [9.17, 15) is 9.59 Å². The Kier molecular flexibility index (Phi) is 7.54. The largest absolute Gasteiger partial charge is 0.490 e. The van der Waals surface area contributed by atoms with Crippen LogP contribution in [0.1, 0.15) is 22.2 Å². The molecular weight excluding hydrogens is 464 g/mol. The molecule has 6 nitrogen and oxygen atoms in total. The number of hydrogen-bond acceptors (Lipinski definition) is 7. The van der Waals surface area contributed by atoms with Gasteiger partial charge in [-0.25, -0.2) is 0 Å². The van der Waals surface area contributed by atoms with E-state index in [1.165, 1.54) is 11.3 Å². The van der Waals surface area contributed by atoms with E-state index >= 15 is 0 Å². The molecule has 30 heavy (non-hydrogen) atoms. The van der Waals surface area contributed by atoms with Gasteiger partial charge in [0.15, 0.2) is 15.8 Å². The molecule has 0 radical (unpaired) electrons. The number of thiophene rings is 1. The normalized spacial score (nSPS) is 14.9. The molecule has 1 aromatic carbocycles. The van der Waals surface area contributed by atoms with Crippen LogP contribution in [0.2, 0.25) is 5.02 Å². The zero-order valence-corrected chi connectivity index (χ0v) is 19.1. The molecule has 1 saturated heterocycles. The third kappa shape index (κ3) is 5.04. The van der Waals surface area contributed by atoms with Gasteiger partial charge in [-0.2, -0.15) is 5.01 Å². The lowest BCUT2D eigenvalue weighted by atomic mass is 10.2. The number of carbonyl (C=O) groups is 2. The molecule has 0 atom stereocenters. The van der Waals surface area contributed by atoms with Crippen LogP contribution < -0.4 is 14.9 Å². The maximum absolute atomic E-state index is 12.8. The van der Waals surface area contributed by atoms with Gasteiger partial charge in [-0.1, -0.05) is 42.1 Å². The number of carbonyl (C=O) groups excluding carboxylic acids is 2. The van der Waals surface area contributed by atoms with E-state index in [4.69, 9.17) is 33.3 Å². The summed E-state index contributed by atoms with van der Waals surface area (Å²) in [5, 5.41) is 3.19. The van der Waals surface area contributed by atoms with Crippen LogP contribution in [0.4, 0.5) is 0 Å². The Hall–Kier alpha value is -2.33. The van der Waals surface area contributed by atoms with Crippen LogP contribution >= 0.6 is 46.9 Å². The second kappa shape index (κ2) is 10.1. The molecule has 1 aliphatic rings. The Bertz CT molecular complexity index is 1020. The summed E-state index contributed by atoms with van der Waals surface area (Å²) >= 11 is 14.0. The number of hydrogen-bond donors (Lipinski definition) is 1. The number of rotatable bonds is 8. The van der Waals surface area contributed by atoms with E-state index < -0.39 is 11.8 Å². The standard InChI is InChI=1S/C20H17ClN2O4S3/c1-3-7-27-17-13(21)9-12(10-14(17)26-4-2)11-16-19(25)23(20(28)30-16)22-18(24)15-6-5-8-29-15/h3,5-6,8-11H,1,4,7H2,2H3,(H,22,24)/b16-11-. The van der Waals surface area contributed by atoms with Crippen molar-refractivity contribution in [1.82, 2.24) is 10.4 Å². The lowest BCUT2D eigenvalue weighted by Gasteiger charge is -2.15. The first-order valence-corrected chi connectivity index (χ1v) is 11.2. The molecule has 0 spiro atoms. The topological polar surface area (TPSA) is 67.9 Å². The van der Waals surface area contributed by atoms with Gasteiger partial charge in [-0.15, -0.1) is 11.3 Å². The summed E-state index contributed by atoms with van der Waals surface area (Å²) in [5.74, 6) is 0.0508. The van der Waals surface area contributed by atoms with E-state index in [0.717, 1.165) is 16.8 Å². The van der Waals surface area contributed by atoms with Crippen molar-refractivity contribution >= 4 is 69.1 Å². The summed E-state index contributed by atoms with van der Waals surface area (Å²) in [6.45, 7) is 6.17. The van der Waals surface area contributed by atoms with Crippen LogP contribution in [0.15, 0.2) is 47.2 Å². The zero-order valence-electron chi connectivity index (χ0n) is 15.8. The molecule has 156 valence electrons. The smallest absolute Gasteiger partial charge is 0.285 e. The predicted molar refractivity (Wildman–Crippen MR) is 125 cm³/mol. The van der Waals surface area contributed by atoms with Gasteiger partial charge in [0.1, 0.15) is 6.61 Å². The van der Waals surface area contributed by atoms with Crippen LogP contribution in [0, 0.1) is 0 Å². The van der Waals surface area contributed by atoms with Crippen LogP contribution in [0.25, 0.3) is 6.08 Å². The molecule has 10 heteroatoms. The second-order valence-corrected chi connectivity index (χ2v) is 8.83. The highest BCUT2D eigenvalue weighted by molar-refractivity contribution is 8.26. The van der Waals surface area contributed by atoms with Crippen molar-refractivity contribution in [3.8, 4) is 11.5 Å². The lowest BCUT2D eigenvalue weighted by Crippen LogP contribution is -2.44. The first-order valence-electron chi connectivity index (χ1n) is 8.77. The predicted octanol–water partition coefficient (Wildman–Crippen LogP) is 4.91. The lowest BCUT2D eigenvalue weighted by molar-refractivity contribution is -0.123. The molecule has 1 aliphatic heterocycles. The fourth-order valence-electron chi connectivity index (χ4n) is 2.50. The van der Waals surface area contributed by atoms with Gasteiger partial charge >= 0.3 is 0 Å². The van der Waals surface area contributed by atoms with Crippen molar-refractivity contribution in [2.75, 3.05) is 13.2 Å². The van der Waals surface area contributed by atoms with Crippen molar-refractivity contribution in [2.24, 2.45) is 0 Å². The Morgan fingerprint density at radius 2 is 2.20 bits per heavy atom. The molecule has 3 rings (SSSR count). The van der Waals surface area contributed by atoms with Crippen molar-refractivity contribution in [2.45, 2.75) is 6.92 Å². The van der Waals surface area contributed by atoms with E-state index in [-0.39, 0.29) is 10.9 Å². The fourth-order valence-corrected chi connectivity index (χ4v) is 4.56. The molecule has 0 unspecified atom stereocenters. The Morgan fingerprint density at radius 1 is 1.40 bits per heavy atom. The molecule has 1 N–H and O–H groups in total. The SMILES string of the molecule is C=CCOc1c(Cl)cc(/C=C2\SC(=S)N(NC(=O)c3cccs3)C2=O)cc1OCC. The molecule has 2 aromatic rings. The third-order valence-electron chi connectivity index (χ3n) is 3.73. The van der Waals surface area contributed by atoms with Gasteiger partial charge in [-0.05, 0) is 54.4 Å². The molecule has 2 heterocycles. The third-order valence-corrected chi connectivity index (χ3v) is 6.18. The maximum atomic E-state index is 12.8. The highest BCUT2D eigenvalue weighted by Gasteiger charge is 2.34. The maximum Gasteiger partial charge on any atom is 0.285 e. The van der Waals surface area contributed by atoms with Crippen molar-refractivity contribution in [1.29, 1.82) is 0 Å². The highest BCUT2D eigenvalue weighted by atomic mass is 35.5. The van der Waals surface area contributed by atoms with E-state index in [1.807, 2.05) is 6.92 Å². The summed E-state index contributed by atoms with van der Waals surface area (Å²) in [6, 6.07) is 6.82. The molecule has 1 aromatic heterocycles. The summed E-state index contributed by atoms with van der Waals surface area (Å²) in [7, 11) is 0. The monoisotopic (exact) mass is 480 g/mol. The number of halogens is 1. The van der Waals surface area contributed by atoms with Crippen molar-refractivity contribution < 1.29 is 19.1 Å². The number of thioether (sulfide) groups is 1. The Morgan fingerprint density at radius 3 is 2.87 bits per heavy atom. The van der Waals surface area contributed by atoms with Crippen LogP contribution in [-0.4, -0.2) is 34.4 Å². The average molecular weight is 481 g/mol. The quantitative estimate of drug-likeness (QED) is 0.329. The van der Waals surface area contributed by atoms with E-state index in [0.29, 0.717) is 38.5 Å². The fraction of sp³-hybridized carbons (Fsp3) is 0.150. The number of amides is 2. The summed E-state index contributed by atoms with van der Waals surface area (Å²) < 4.78 is 11.4. The number of hydrazine groups is 1. The van der Waals surface area contributed by atoms with Gasteiger partial charge < -0.3 is 9.47 Å². The first-order chi connectivity index (χ1) is 14.4.